The van der Waals surface area contributed by atoms with Crippen LogP contribution < -0.4 is 14.8 Å². The first-order valence-electron chi connectivity index (χ1n) is 7.29. The molecule has 6 heteroatoms. The van der Waals surface area contributed by atoms with Crippen LogP contribution in [-0.4, -0.2) is 51.0 Å². The number of alkyl halides is 1. The van der Waals surface area contributed by atoms with Gasteiger partial charge >= 0.3 is 0 Å². The van der Waals surface area contributed by atoms with Gasteiger partial charge in [0.2, 0.25) is 0 Å². The predicted molar refractivity (Wildman–Crippen MR) is 82.5 cm³/mol. The van der Waals surface area contributed by atoms with Crippen LogP contribution >= 0.6 is 12.4 Å². The molecule has 1 aromatic rings. The molecule has 118 valence electrons. The van der Waals surface area contributed by atoms with Gasteiger partial charge in [0.15, 0.2) is 11.5 Å². The van der Waals surface area contributed by atoms with Gasteiger partial charge in [0.1, 0.15) is 13.2 Å². The Hall–Kier alpha value is -1.04. The first-order chi connectivity index (χ1) is 9.90. The zero-order chi connectivity index (χ0) is 13.8. The maximum atomic E-state index is 13.0. The molecule has 21 heavy (non-hydrogen) atoms. The zero-order valence-corrected chi connectivity index (χ0v) is 12.8. The van der Waals surface area contributed by atoms with Crippen LogP contribution in [0.15, 0.2) is 18.2 Å². The van der Waals surface area contributed by atoms with Gasteiger partial charge in [-0.15, -0.1) is 12.4 Å². The Morgan fingerprint density at radius 2 is 1.95 bits per heavy atom. The van der Waals surface area contributed by atoms with E-state index in [-0.39, 0.29) is 25.1 Å². The third kappa shape index (κ3) is 3.59. The molecule has 3 rings (SSSR count). The Labute approximate surface area is 131 Å². The Balaban J connectivity index is 0.00000161. The van der Waals surface area contributed by atoms with Crippen LogP contribution in [0.3, 0.4) is 0 Å². The lowest BCUT2D eigenvalue weighted by atomic mass is 9.99. The van der Waals surface area contributed by atoms with Gasteiger partial charge in [-0.1, -0.05) is 12.1 Å². The normalized spacial score (nSPS) is 19.7. The van der Waals surface area contributed by atoms with Crippen LogP contribution in [-0.2, 0) is 0 Å². The molecule has 1 aromatic carbocycles. The highest BCUT2D eigenvalue weighted by atomic mass is 35.5. The summed E-state index contributed by atoms with van der Waals surface area (Å²) in [6, 6.07) is 5.99. The molecular weight excluding hydrogens is 295 g/mol. The van der Waals surface area contributed by atoms with Gasteiger partial charge in [-0.25, -0.2) is 0 Å². The van der Waals surface area contributed by atoms with E-state index in [1.165, 1.54) is 0 Å². The van der Waals surface area contributed by atoms with E-state index in [1.807, 2.05) is 18.2 Å². The molecule has 0 aromatic heterocycles. The third-order valence-corrected chi connectivity index (χ3v) is 3.93. The largest absolute Gasteiger partial charge is 0.486 e. The second-order valence-electron chi connectivity index (χ2n) is 5.15. The fourth-order valence-electron chi connectivity index (χ4n) is 2.99. The molecule has 4 nitrogen and oxygen atoms in total. The molecule has 1 atom stereocenters. The van der Waals surface area contributed by atoms with Gasteiger partial charge in [-0.2, -0.15) is 0 Å². The van der Waals surface area contributed by atoms with Gasteiger partial charge in [-0.05, 0) is 12.5 Å². The summed E-state index contributed by atoms with van der Waals surface area (Å²) in [7, 11) is 0. The quantitative estimate of drug-likeness (QED) is 0.923. The summed E-state index contributed by atoms with van der Waals surface area (Å²) in [4.78, 5) is 2.34. The number of para-hydroxylation sites is 1. The molecule has 0 radical (unpaired) electrons. The Bertz CT molecular complexity index is 455. The minimum absolute atomic E-state index is 0. The van der Waals surface area contributed by atoms with E-state index in [9.17, 15) is 4.39 Å². The van der Waals surface area contributed by atoms with Gasteiger partial charge in [0, 0.05) is 37.8 Å². The second-order valence-corrected chi connectivity index (χ2v) is 5.15. The molecule has 0 amide bonds. The van der Waals surface area contributed by atoms with E-state index in [0.717, 1.165) is 43.2 Å². The van der Waals surface area contributed by atoms with E-state index >= 15 is 0 Å². The van der Waals surface area contributed by atoms with Crippen molar-refractivity contribution in [2.24, 2.45) is 0 Å². The SMILES string of the molecule is Cl.FCC[C@H](c1cccc2c1OCCO2)N1CCNCC1. The smallest absolute Gasteiger partial charge is 0.166 e. The Morgan fingerprint density at radius 3 is 2.71 bits per heavy atom. The number of nitrogens with zero attached hydrogens (tertiary/aromatic N) is 1. The van der Waals surface area contributed by atoms with E-state index in [0.29, 0.717) is 19.6 Å². The first kappa shape index (κ1) is 16.3. The fraction of sp³-hybridized carbons (Fsp3) is 0.600. The molecule has 0 spiro atoms. The monoisotopic (exact) mass is 316 g/mol. The highest BCUT2D eigenvalue weighted by Crippen LogP contribution is 2.40. The molecule has 0 bridgehead atoms. The molecule has 2 heterocycles. The highest BCUT2D eigenvalue weighted by Gasteiger charge is 2.27. The van der Waals surface area contributed by atoms with E-state index < -0.39 is 0 Å². The van der Waals surface area contributed by atoms with Gasteiger partial charge in [0.25, 0.3) is 0 Å². The third-order valence-electron chi connectivity index (χ3n) is 3.93. The highest BCUT2D eigenvalue weighted by molar-refractivity contribution is 5.85. The standard InChI is InChI=1S/C15H21FN2O2.ClH/c16-5-4-13(18-8-6-17-7-9-18)12-2-1-3-14-15(12)20-11-10-19-14;/h1-3,13,17H,4-11H2;1H/t13-;/m1./s1. The van der Waals surface area contributed by atoms with Crippen molar-refractivity contribution in [3.05, 3.63) is 23.8 Å². The van der Waals surface area contributed by atoms with Crippen molar-refractivity contribution in [2.45, 2.75) is 12.5 Å². The lowest BCUT2D eigenvalue weighted by molar-refractivity contribution is 0.140. The molecule has 2 aliphatic rings. The molecule has 0 unspecified atom stereocenters. The minimum Gasteiger partial charge on any atom is -0.486 e. The number of hydrogen-bond donors (Lipinski definition) is 1. The number of nitrogens with one attached hydrogen (secondary N) is 1. The number of hydrogen-bond acceptors (Lipinski definition) is 4. The number of benzene rings is 1. The van der Waals surface area contributed by atoms with E-state index in [1.54, 1.807) is 0 Å². The summed E-state index contributed by atoms with van der Waals surface area (Å²) >= 11 is 0. The van der Waals surface area contributed by atoms with Gasteiger partial charge in [-0.3, -0.25) is 9.29 Å². The molecular formula is C15H22ClFN2O2. The van der Waals surface area contributed by atoms with Crippen LogP contribution in [0.5, 0.6) is 11.5 Å². The summed E-state index contributed by atoms with van der Waals surface area (Å²) in [6.45, 7) is 4.61. The van der Waals surface area contributed by atoms with Crippen molar-refractivity contribution in [1.82, 2.24) is 10.2 Å². The lowest BCUT2D eigenvalue weighted by Gasteiger charge is -2.36. The van der Waals surface area contributed by atoms with Crippen LogP contribution in [0.1, 0.15) is 18.0 Å². The molecule has 1 saturated heterocycles. The minimum atomic E-state index is -0.320. The molecule has 1 N–H and O–H groups in total. The van der Waals surface area contributed by atoms with E-state index in [2.05, 4.69) is 10.2 Å². The Morgan fingerprint density at radius 1 is 1.19 bits per heavy atom. The number of halogens is 2. The van der Waals surface area contributed by atoms with Crippen LogP contribution in [0, 0.1) is 0 Å². The maximum Gasteiger partial charge on any atom is 0.166 e. The molecule has 1 fully saturated rings. The first-order valence-corrected chi connectivity index (χ1v) is 7.29. The van der Waals surface area contributed by atoms with Crippen molar-refractivity contribution in [1.29, 1.82) is 0 Å². The molecule has 0 aliphatic carbocycles. The van der Waals surface area contributed by atoms with Crippen molar-refractivity contribution in [2.75, 3.05) is 46.1 Å². The summed E-state index contributed by atoms with van der Waals surface area (Å²) in [6.07, 6.45) is 0.500. The van der Waals surface area contributed by atoms with Crippen molar-refractivity contribution < 1.29 is 13.9 Å². The molecule has 0 saturated carbocycles. The summed E-state index contributed by atoms with van der Waals surface area (Å²) < 4.78 is 24.4. The zero-order valence-electron chi connectivity index (χ0n) is 12.0. The number of rotatable bonds is 4. The van der Waals surface area contributed by atoms with E-state index in [4.69, 9.17) is 9.47 Å². The lowest BCUT2D eigenvalue weighted by Crippen LogP contribution is -2.45. The van der Waals surface area contributed by atoms with Gasteiger partial charge in [0.05, 0.1) is 6.67 Å². The average molecular weight is 317 g/mol. The number of piperazine rings is 1. The fourth-order valence-corrected chi connectivity index (χ4v) is 2.99. The van der Waals surface area contributed by atoms with Crippen molar-refractivity contribution >= 4 is 12.4 Å². The average Bonchev–Trinajstić information content (AvgIpc) is 2.53. The van der Waals surface area contributed by atoms with Crippen molar-refractivity contribution in [3.63, 3.8) is 0 Å². The summed E-state index contributed by atoms with van der Waals surface area (Å²) in [5.41, 5.74) is 1.06. The Kier molecular flexibility index (Phi) is 6.08. The van der Waals surface area contributed by atoms with Crippen LogP contribution in [0.2, 0.25) is 0 Å². The van der Waals surface area contributed by atoms with Crippen molar-refractivity contribution in [3.8, 4) is 11.5 Å². The topological polar surface area (TPSA) is 33.7 Å². The maximum absolute atomic E-state index is 13.0. The summed E-state index contributed by atoms with van der Waals surface area (Å²) in [5.74, 6) is 1.59. The number of fused-ring (bicyclic) bond motifs is 1. The van der Waals surface area contributed by atoms with Crippen LogP contribution in [0.4, 0.5) is 4.39 Å². The number of ether oxygens (including phenoxy) is 2. The predicted octanol–water partition coefficient (Wildman–Crippen LogP) is 2.19. The van der Waals surface area contributed by atoms with Gasteiger partial charge < -0.3 is 14.8 Å². The second kappa shape index (κ2) is 7.82. The molecule has 2 aliphatic heterocycles. The summed E-state index contributed by atoms with van der Waals surface area (Å²) in [5, 5.41) is 3.33. The van der Waals surface area contributed by atoms with Crippen LogP contribution in [0.25, 0.3) is 0 Å².